The van der Waals surface area contributed by atoms with Gasteiger partial charge in [0, 0.05) is 0 Å². The van der Waals surface area contributed by atoms with E-state index in [4.69, 9.17) is 0 Å². The molecule has 1 unspecified atom stereocenters. The van der Waals surface area contributed by atoms with Gasteiger partial charge in [-0.05, 0) is 12.6 Å². The summed E-state index contributed by atoms with van der Waals surface area (Å²) in [7, 11) is 2.82. The van der Waals surface area contributed by atoms with Gasteiger partial charge in [-0.25, -0.2) is 0 Å². The molecule has 0 aliphatic rings. The van der Waals surface area contributed by atoms with Crippen molar-refractivity contribution >= 4 is 9.24 Å². The second-order valence-corrected chi connectivity index (χ2v) is 5.61. The summed E-state index contributed by atoms with van der Waals surface area (Å²) < 4.78 is 0. The first-order valence-electron chi connectivity index (χ1n) is 7.62. The molecule has 0 rings (SSSR count). The summed E-state index contributed by atoms with van der Waals surface area (Å²) in [6.45, 7) is 2.29. The largest absolute Gasteiger partial charge is 0.138 e. The second kappa shape index (κ2) is 15.4. The first-order chi connectivity index (χ1) is 7.91. The Balaban J connectivity index is 2.83. The maximum Gasteiger partial charge on any atom is -0.0381 e. The van der Waals surface area contributed by atoms with E-state index in [1.807, 2.05) is 0 Å². The first kappa shape index (κ1) is 16.4. The van der Waals surface area contributed by atoms with Crippen molar-refractivity contribution in [3.63, 3.8) is 0 Å². The van der Waals surface area contributed by atoms with Gasteiger partial charge in [0.05, 0.1) is 0 Å². The normalized spacial score (nSPS) is 10.9. The summed E-state index contributed by atoms with van der Waals surface area (Å²) in [6.07, 6.45) is 20.2. The standard InChI is InChI=1S/C15H33P/c1-2-3-4-5-6-7-8-9-10-11-12-13-14-15-16/h2-16H2,1H3. The van der Waals surface area contributed by atoms with Crippen LogP contribution in [0.5, 0.6) is 0 Å². The topological polar surface area (TPSA) is 0 Å². The molecule has 0 fully saturated rings. The molecule has 16 heavy (non-hydrogen) atoms. The summed E-state index contributed by atoms with van der Waals surface area (Å²) in [5.74, 6) is 0. The van der Waals surface area contributed by atoms with Crippen molar-refractivity contribution in [2.45, 2.75) is 90.4 Å². The Morgan fingerprint density at radius 3 is 1.12 bits per heavy atom. The third-order valence-corrected chi connectivity index (χ3v) is 3.72. The minimum absolute atomic E-state index is 1.29. The molecule has 1 heteroatoms. The molecule has 0 aliphatic carbocycles. The van der Waals surface area contributed by atoms with Crippen LogP contribution in [0.1, 0.15) is 90.4 Å². The molecule has 0 amide bonds. The average Bonchev–Trinajstić information content (AvgIpc) is 2.31. The minimum Gasteiger partial charge on any atom is -0.138 e. The highest BCUT2D eigenvalue weighted by molar-refractivity contribution is 7.16. The first-order valence-corrected chi connectivity index (χ1v) is 8.43. The van der Waals surface area contributed by atoms with Gasteiger partial charge in [0.15, 0.2) is 0 Å². The third-order valence-electron chi connectivity index (χ3n) is 3.31. The van der Waals surface area contributed by atoms with Crippen molar-refractivity contribution in [3.8, 4) is 0 Å². The molecule has 98 valence electrons. The number of rotatable bonds is 13. The van der Waals surface area contributed by atoms with Crippen molar-refractivity contribution in [2.24, 2.45) is 0 Å². The van der Waals surface area contributed by atoms with E-state index in [0.29, 0.717) is 0 Å². The molecule has 0 aromatic heterocycles. The fourth-order valence-electron chi connectivity index (χ4n) is 2.16. The molecule has 0 saturated carbocycles. The second-order valence-electron chi connectivity index (χ2n) is 5.03. The van der Waals surface area contributed by atoms with E-state index in [-0.39, 0.29) is 0 Å². The Morgan fingerprint density at radius 1 is 0.500 bits per heavy atom. The minimum atomic E-state index is 1.29. The Bertz CT molecular complexity index is 98.0. The third kappa shape index (κ3) is 14.4. The maximum atomic E-state index is 2.82. The highest BCUT2D eigenvalue weighted by atomic mass is 31.0. The summed E-state index contributed by atoms with van der Waals surface area (Å²) in [5, 5.41) is 0. The molecule has 0 aliphatic heterocycles. The number of hydrogen-bond donors (Lipinski definition) is 0. The zero-order valence-electron chi connectivity index (χ0n) is 11.5. The van der Waals surface area contributed by atoms with Crippen molar-refractivity contribution in [3.05, 3.63) is 0 Å². The van der Waals surface area contributed by atoms with Crippen LogP contribution in [0.2, 0.25) is 0 Å². The van der Waals surface area contributed by atoms with Crippen LogP contribution < -0.4 is 0 Å². The maximum absolute atomic E-state index is 2.82. The summed E-state index contributed by atoms with van der Waals surface area (Å²) in [6, 6.07) is 0. The van der Waals surface area contributed by atoms with E-state index in [0.717, 1.165) is 0 Å². The van der Waals surface area contributed by atoms with Crippen LogP contribution in [-0.4, -0.2) is 6.16 Å². The van der Waals surface area contributed by atoms with E-state index in [1.54, 1.807) is 0 Å². The van der Waals surface area contributed by atoms with Gasteiger partial charge in [0.2, 0.25) is 0 Å². The molecule has 0 spiro atoms. The molecule has 0 radical (unpaired) electrons. The Morgan fingerprint density at radius 2 is 0.812 bits per heavy atom. The van der Waals surface area contributed by atoms with Crippen LogP contribution in [0.4, 0.5) is 0 Å². The molecular formula is C15H33P. The van der Waals surface area contributed by atoms with Gasteiger partial charge in [-0.2, -0.15) is 0 Å². The molecule has 0 heterocycles. The fraction of sp³-hybridized carbons (Fsp3) is 1.00. The van der Waals surface area contributed by atoms with Crippen molar-refractivity contribution in [2.75, 3.05) is 6.16 Å². The quantitative estimate of drug-likeness (QED) is 0.277. The predicted molar refractivity (Wildman–Crippen MR) is 80.3 cm³/mol. The lowest BCUT2D eigenvalue weighted by Gasteiger charge is -2.02. The van der Waals surface area contributed by atoms with Crippen LogP contribution in [0, 0.1) is 0 Å². The molecule has 0 N–H and O–H groups in total. The van der Waals surface area contributed by atoms with Crippen molar-refractivity contribution in [1.82, 2.24) is 0 Å². The average molecular weight is 244 g/mol. The fourth-order valence-corrected chi connectivity index (χ4v) is 2.45. The lowest BCUT2D eigenvalue weighted by atomic mass is 10.1. The van der Waals surface area contributed by atoms with Crippen molar-refractivity contribution in [1.29, 1.82) is 0 Å². The predicted octanol–water partition coefficient (Wildman–Crippen LogP) is 5.95. The summed E-state index contributed by atoms with van der Waals surface area (Å²) in [5.41, 5.74) is 0. The van der Waals surface area contributed by atoms with E-state index in [9.17, 15) is 0 Å². The lowest BCUT2D eigenvalue weighted by Crippen LogP contribution is -1.83. The molecule has 0 aromatic carbocycles. The number of hydrogen-bond acceptors (Lipinski definition) is 0. The molecule has 0 nitrogen and oxygen atoms in total. The summed E-state index contributed by atoms with van der Waals surface area (Å²) >= 11 is 0. The SMILES string of the molecule is CCCCCCCCCCCCCCCP. The van der Waals surface area contributed by atoms with Crippen LogP contribution in [0.3, 0.4) is 0 Å². The van der Waals surface area contributed by atoms with E-state index in [2.05, 4.69) is 16.2 Å². The Kier molecular flexibility index (Phi) is 15.8. The van der Waals surface area contributed by atoms with Gasteiger partial charge in [-0.15, -0.1) is 9.24 Å². The van der Waals surface area contributed by atoms with E-state index in [1.165, 1.54) is 89.6 Å². The van der Waals surface area contributed by atoms with E-state index < -0.39 is 0 Å². The van der Waals surface area contributed by atoms with E-state index >= 15 is 0 Å². The Hall–Kier alpha value is 0.430. The van der Waals surface area contributed by atoms with Crippen LogP contribution in [0.15, 0.2) is 0 Å². The molecule has 1 atom stereocenters. The van der Waals surface area contributed by atoms with Gasteiger partial charge in [-0.1, -0.05) is 84.0 Å². The zero-order chi connectivity index (χ0) is 11.9. The number of unbranched alkanes of at least 4 members (excludes halogenated alkanes) is 12. The zero-order valence-corrected chi connectivity index (χ0v) is 12.6. The molecular weight excluding hydrogens is 211 g/mol. The van der Waals surface area contributed by atoms with Crippen LogP contribution >= 0.6 is 9.24 Å². The van der Waals surface area contributed by atoms with Gasteiger partial charge in [0.25, 0.3) is 0 Å². The molecule has 0 aromatic rings. The highest BCUT2D eigenvalue weighted by Crippen LogP contribution is 2.12. The smallest absolute Gasteiger partial charge is 0.0381 e. The summed E-state index contributed by atoms with van der Waals surface area (Å²) in [4.78, 5) is 0. The lowest BCUT2D eigenvalue weighted by molar-refractivity contribution is 0.543. The van der Waals surface area contributed by atoms with Crippen LogP contribution in [-0.2, 0) is 0 Å². The molecule has 0 bridgehead atoms. The monoisotopic (exact) mass is 244 g/mol. The Labute approximate surface area is 106 Å². The van der Waals surface area contributed by atoms with Crippen LogP contribution in [0.25, 0.3) is 0 Å². The highest BCUT2D eigenvalue weighted by Gasteiger charge is 1.92. The molecule has 0 saturated heterocycles. The van der Waals surface area contributed by atoms with Gasteiger partial charge in [-0.3, -0.25) is 0 Å². The van der Waals surface area contributed by atoms with Gasteiger partial charge in [0.1, 0.15) is 0 Å². The van der Waals surface area contributed by atoms with Gasteiger partial charge >= 0.3 is 0 Å². The van der Waals surface area contributed by atoms with Crippen molar-refractivity contribution < 1.29 is 0 Å². The van der Waals surface area contributed by atoms with Gasteiger partial charge < -0.3 is 0 Å².